The number of hydrogen-bond donors (Lipinski definition) is 2. The lowest BCUT2D eigenvalue weighted by atomic mass is 10.1. The molecule has 0 aromatic heterocycles. The molecule has 0 saturated carbocycles. The molecule has 1 heterocycles. The molecule has 0 radical (unpaired) electrons. The molecule has 22 heavy (non-hydrogen) atoms. The third-order valence-electron chi connectivity index (χ3n) is 3.43. The molecule has 1 aliphatic rings. The zero-order valence-corrected chi connectivity index (χ0v) is 11.7. The Balaban J connectivity index is 2.22. The Labute approximate surface area is 124 Å². The number of carbonyl (C=O) groups excluding carboxylic acids is 2. The Morgan fingerprint density at radius 2 is 1.91 bits per heavy atom. The highest BCUT2D eigenvalue weighted by atomic mass is 19.4. The average molecular weight is 316 g/mol. The van der Waals surface area contributed by atoms with Crippen LogP contribution in [0.5, 0.6) is 0 Å². The molecule has 1 aliphatic heterocycles. The number of nitrogens with zero attached hydrogens (tertiary/aromatic N) is 1. The van der Waals surface area contributed by atoms with Gasteiger partial charge < -0.3 is 15.3 Å². The topological polar surface area (TPSA) is 69.6 Å². The first-order chi connectivity index (χ1) is 10.2. The van der Waals surface area contributed by atoms with E-state index in [1.807, 2.05) is 0 Å². The summed E-state index contributed by atoms with van der Waals surface area (Å²) in [5.74, 6) is -1.20. The first-order valence-corrected chi connectivity index (χ1v) is 6.61. The van der Waals surface area contributed by atoms with E-state index < -0.39 is 35.4 Å². The molecule has 1 saturated heterocycles. The molecule has 0 bridgehead atoms. The van der Waals surface area contributed by atoms with Gasteiger partial charge in [0.05, 0.1) is 23.3 Å². The van der Waals surface area contributed by atoms with Crippen molar-refractivity contribution >= 4 is 11.8 Å². The molecule has 1 aromatic carbocycles. The summed E-state index contributed by atoms with van der Waals surface area (Å²) in [6.45, 7) is 1.10. The molecule has 5 nitrogen and oxygen atoms in total. The standard InChI is InChI=1S/C14H15F3N2O3/c1-8(20)18-11-6-19(7-12(11)21)13(22)9-4-2-3-5-10(9)14(15,16)17/h2-5,11-12,21H,6-7H2,1H3,(H,18,20)/t11-,12-/m1/s1. The molecule has 0 spiro atoms. The number of nitrogens with one attached hydrogen (secondary N) is 1. The number of aliphatic hydroxyl groups is 1. The second kappa shape index (κ2) is 5.96. The van der Waals surface area contributed by atoms with Crippen molar-refractivity contribution in [2.24, 2.45) is 0 Å². The zero-order chi connectivity index (χ0) is 16.5. The number of benzene rings is 1. The number of carbonyl (C=O) groups is 2. The summed E-state index contributed by atoms with van der Waals surface area (Å²) in [6.07, 6.45) is -5.65. The van der Waals surface area contributed by atoms with Crippen molar-refractivity contribution in [3.05, 3.63) is 35.4 Å². The van der Waals surface area contributed by atoms with Crippen molar-refractivity contribution in [2.45, 2.75) is 25.2 Å². The average Bonchev–Trinajstić information content (AvgIpc) is 2.77. The van der Waals surface area contributed by atoms with E-state index >= 15 is 0 Å². The van der Waals surface area contributed by atoms with Gasteiger partial charge >= 0.3 is 6.18 Å². The number of likely N-dealkylation sites (tertiary alicyclic amines) is 1. The molecule has 2 atom stereocenters. The fourth-order valence-corrected chi connectivity index (χ4v) is 2.44. The zero-order valence-electron chi connectivity index (χ0n) is 11.7. The van der Waals surface area contributed by atoms with Crippen LogP contribution in [-0.2, 0) is 11.0 Å². The van der Waals surface area contributed by atoms with Crippen molar-refractivity contribution in [2.75, 3.05) is 13.1 Å². The lowest BCUT2D eigenvalue weighted by Crippen LogP contribution is -2.42. The van der Waals surface area contributed by atoms with Gasteiger partial charge in [-0.15, -0.1) is 0 Å². The van der Waals surface area contributed by atoms with E-state index in [9.17, 15) is 27.9 Å². The number of hydrogen-bond acceptors (Lipinski definition) is 3. The van der Waals surface area contributed by atoms with Crippen LogP contribution in [0.4, 0.5) is 13.2 Å². The van der Waals surface area contributed by atoms with Crippen LogP contribution < -0.4 is 5.32 Å². The normalized spacial score (nSPS) is 21.8. The van der Waals surface area contributed by atoms with E-state index in [0.29, 0.717) is 0 Å². The van der Waals surface area contributed by atoms with Crippen molar-refractivity contribution in [3.63, 3.8) is 0 Å². The molecule has 2 N–H and O–H groups in total. The Morgan fingerprint density at radius 3 is 2.50 bits per heavy atom. The Bertz CT molecular complexity index is 589. The number of rotatable bonds is 2. The van der Waals surface area contributed by atoms with Crippen LogP contribution in [0.3, 0.4) is 0 Å². The van der Waals surface area contributed by atoms with Crippen LogP contribution in [0.1, 0.15) is 22.8 Å². The molecule has 120 valence electrons. The number of amides is 2. The molecule has 0 unspecified atom stereocenters. The molecule has 0 aliphatic carbocycles. The first kappa shape index (κ1) is 16.3. The maximum atomic E-state index is 12.9. The van der Waals surface area contributed by atoms with Gasteiger partial charge in [-0.3, -0.25) is 9.59 Å². The summed E-state index contributed by atoms with van der Waals surface area (Å²) >= 11 is 0. The minimum absolute atomic E-state index is 0.0359. The van der Waals surface area contributed by atoms with Gasteiger partial charge in [-0.25, -0.2) is 0 Å². The van der Waals surface area contributed by atoms with Gasteiger partial charge in [-0.05, 0) is 12.1 Å². The number of aliphatic hydroxyl groups excluding tert-OH is 1. The summed E-state index contributed by atoms with van der Waals surface area (Å²) in [7, 11) is 0. The molecule has 2 amide bonds. The monoisotopic (exact) mass is 316 g/mol. The summed E-state index contributed by atoms with van der Waals surface area (Å²) in [5, 5.41) is 12.3. The van der Waals surface area contributed by atoms with Crippen LogP contribution >= 0.6 is 0 Å². The van der Waals surface area contributed by atoms with Gasteiger partial charge in [0.15, 0.2) is 0 Å². The third-order valence-corrected chi connectivity index (χ3v) is 3.43. The van der Waals surface area contributed by atoms with Gasteiger partial charge in [0.1, 0.15) is 0 Å². The van der Waals surface area contributed by atoms with Crippen LogP contribution in [0.2, 0.25) is 0 Å². The molecular weight excluding hydrogens is 301 g/mol. The second-order valence-corrected chi connectivity index (χ2v) is 5.13. The fourth-order valence-electron chi connectivity index (χ4n) is 2.44. The van der Waals surface area contributed by atoms with Crippen LogP contribution in [-0.4, -0.2) is 47.1 Å². The lowest BCUT2D eigenvalue weighted by molar-refractivity contribution is -0.138. The first-order valence-electron chi connectivity index (χ1n) is 6.61. The van der Waals surface area contributed by atoms with Gasteiger partial charge in [0.2, 0.25) is 5.91 Å². The SMILES string of the molecule is CC(=O)N[C@@H]1CN(C(=O)c2ccccc2C(F)(F)F)C[C@H]1O. The number of alkyl halides is 3. The Kier molecular flexibility index (Phi) is 4.41. The second-order valence-electron chi connectivity index (χ2n) is 5.13. The number of halogens is 3. The highest BCUT2D eigenvalue weighted by Gasteiger charge is 2.39. The molecular formula is C14H15F3N2O3. The maximum absolute atomic E-state index is 12.9. The summed E-state index contributed by atoms with van der Waals surface area (Å²) in [6, 6.07) is 3.81. The van der Waals surface area contributed by atoms with E-state index in [-0.39, 0.29) is 19.0 Å². The minimum atomic E-state index is -4.64. The molecule has 1 fully saturated rings. The van der Waals surface area contributed by atoms with Gasteiger partial charge in [0.25, 0.3) is 5.91 Å². The van der Waals surface area contributed by atoms with E-state index in [1.54, 1.807) is 0 Å². The van der Waals surface area contributed by atoms with Gasteiger partial charge in [0, 0.05) is 20.0 Å². The van der Waals surface area contributed by atoms with Crippen LogP contribution in [0.25, 0.3) is 0 Å². The van der Waals surface area contributed by atoms with Crippen molar-refractivity contribution in [1.82, 2.24) is 10.2 Å². The van der Waals surface area contributed by atoms with Gasteiger partial charge in [-0.1, -0.05) is 12.1 Å². The lowest BCUT2D eigenvalue weighted by Gasteiger charge is -2.19. The third kappa shape index (κ3) is 3.38. The van der Waals surface area contributed by atoms with Crippen molar-refractivity contribution < 1.29 is 27.9 Å². The van der Waals surface area contributed by atoms with Crippen molar-refractivity contribution in [1.29, 1.82) is 0 Å². The van der Waals surface area contributed by atoms with E-state index in [1.165, 1.54) is 19.1 Å². The van der Waals surface area contributed by atoms with E-state index in [0.717, 1.165) is 17.0 Å². The largest absolute Gasteiger partial charge is 0.417 e. The molecule has 2 rings (SSSR count). The van der Waals surface area contributed by atoms with Crippen LogP contribution in [0.15, 0.2) is 24.3 Å². The fraction of sp³-hybridized carbons (Fsp3) is 0.429. The molecule has 1 aromatic rings. The summed E-state index contributed by atoms with van der Waals surface area (Å²) in [4.78, 5) is 24.4. The predicted octanol–water partition coefficient (Wildman–Crippen LogP) is 1.03. The van der Waals surface area contributed by atoms with E-state index in [4.69, 9.17) is 0 Å². The Morgan fingerprint density at radius 1 is 1.27 bits per heavy atom. The number of β-amino-alcohol motifs (C(OH)–C–C–N with tert-alkyl or cyclic N) is 1. The Hall–Kier alpha value is -2.09. The van der Waals surface area contributed by atoms with Crippen molar-refractivity contribution in [3.8, 4) is 0 Å². The molecule has 8 heteroatoms. The van der Waals surface area contributed by atoms with Gasteiger partial charge in [-0.2, -0.15) is 13.2 Å². The van der Waals surface area contributed by atoms with E-state index in [2.05, 4.69) is 5.32 Å². The highest BCUT2D eigenvalue weighted by molar-refractivity contribution is 5.96. The smallest absolute Gasteiger partial charge is 0.389 e. The minimum Gasteiger partial charge on any atom is -0.389 e. The summed E-state index contributed by atoms with van der Waals surface area (Å²) in [5.41, 5.74) is -1.48. The summed E-state index contributed by atoms with van der Waals surface area (Å²) < 4.78 is 38.8. The van der Waals surface area contributed by atoms with Crippen LogP contribution in [0, 0.1) is 0 Å². The maximum Gasteiger partial charge on any atom is 0.417 e. The predicted molar refractivity (Wildman–Crippen MR) is 71.0 cm³/mol. The highest BCUT2D eigenvalue weighted by Crippen LogP contribution is 2.32. The quantitative estimate of drug-likeness (QED) is 0.856.